The van der Waals surface area contributed by atoms with Crippen molar-refractivity contribution in [1.29, 1.82) is 0 Å². The summed E-state index contributed by atoms with van der Waals surface area (Å²) < 4.78 is 13.6. The van der Waals surface area contributed by atoms with E-state index in [-0.39, 0.29) is 11.7 Å². The number of fused-ring (bicyclic) bond motifs is 1. The molecule has 156 valence electrons. The average molecular weight is 417 g/mol. The van der Waals surface area contributed by atoms with Crippen LogP contribution in [-0.4, -0.2) is 27.6 Å². The number of ketones is 2. The fraction of sp³-hybridized carbons (Fsp3) is 0.200. The van der Waals surface area contributed by atoms with Crippen molar-refractivity contribution < 1.29 is 23.9 Å². The molecule has 0 amide bonds. The fourth-order valence-corrected chi connectivity index (χ4v) is 3.67. The second kappa shape index (κ2) is 8.60. The molecule has 0 saturated heterocycles. The number of para-hydroxylation sites is 1. The third-order valence-electron chi connectivity index (χ3n) is 5.21. The minimum Gasteiger partial charge on any atom is -0.481 e. The zero-order valence-corrected chi connectivity index (χ0v) is 16.7. The zero-order valence-electron chi connectivity index (χ0n) is 16.7. The molecule has 1 saturated carbocycles. The van der Waals surface area contributed by atoms with Gasteiger partial charge >= 0.3 is 5.97 Å². The van der Waals surface area contributed by atoms with Crippen molar-refractivity contribution in [3.05, 3.63) is 71.7 Å². The number of rotatable bonds is 8. The molecule has 0 spiro atoms. The Bertz CT molecular complexity index is 1210. The van der Waals surface area contributed by atoms with Gasteiger partial charge in [0.2, 0.25) is 0 Å². The average Bonchev–Trinajstić information content (AvgIpc) is 3.56. The van der Waals surface area contributed by atoms with Crippen molar-refractivity contribution in [3.8, 4) is 11.1 Å². The Hall–Kier alpha value is -3.67. The molecule has 1 aromatic heterocycles. The molecule has 0 atom stereocenters. The first-order valence-corrected chi connectivity index (χ1v) is 10.1. The van der Waals surface area contributed by atoms with Crippen molar-refractivity contribution in [3.63, 3.8) is 0 Å². The van der Waals surface area contributed by atoms with E-state index in [1.807, 2.05) is 24.3 Å². The molecule has 1 N–H and O–H groups in total. The van der Waals surface area contributed by atoms with Crippen molar-refractivity contribution in [2.75, 3.05) is 0 Å². The highest BCUT2D eigenvalue weighted by Crippen LogP contribution is 2.45. The number of aliphatic carboxylic acids is 1. The molecule has 1 aliphatic carbocycles. The summed E-state index contributed by atoms with van der Waals surface area (Å²) >= 11 is 0. The number of hydrogen-bond donors (Lipinski definition) is 1. The van der Waals surface area contributed by atoms with Crippen LogP contribution in [0.1, 0.15) is 42.9 Å². The van der Waals surface area contributed by atoms with Gasteiger partial charge in [0.15, 0.2) is 11.6 Å². The molecule has 3 aromatic rings. The first-order valence-electron chi connectivity index (χ1n) is 10.1. The number of halogens is 1. The van der Waals surface area contributed by atoms with E-state index in [0.717, 1.165) is 46.1 Å². The van der Waals surface area contributed by atoms with E-state index in [2.05, 4.69) is 0 Å². The largest absolute Gasteiger partial charge is 0.481 e. The quantitative estimate of drug-likeness (QED) is 0.415. The summed E-state index contributed by atoms with van der Waals surface area (Å²) in [5, 5.41) is 9.59. The maximum absolute atomic E-state index is 13.6. The van der Waals surface area contributed by atoms with Crippen LogP contribution in [0.15, 0.2) is 54.6 Å². The van der Waals surface area contributed by atoms with Gasteiger partial charge in [0.1, 0.15) is 12.2 Å². The summed E-state index contributed by atoms with van der Waals surface area (Å²) in [6.07, 6.45) is 3.83. The van der Waals surface area contributed by atoms with Crippen molar-refractivity contribution in [1.82, 2.24) is 4.98 Å². The van der Waals surface area contributed by atoms with E-state index in [1.165, 1.54) is 18.2 Å². The van der Waals surface area contributed by atoms with Crippen LogP contribution in [0.25, 0.3) is 28.1 Å². The second-order valence-corrected chi connectivity index (χ2v) is 7.67. The molecule has 1 fully saturated rings. The van der Waals surface area contributed by atoms with E-state index in [0.29, 0.717) is 0 Å². The molecule has 1 aliphatic rings. The lowest BCUT2D eigenvalue weighted by atomic mass is 9.92. The highest BCUT2D eigenvalue weighted by atomic mass is 19.1. The van der Waals surface area contributed by atoms with Gasteiger partial charge in [-0.25, -0.2) is 4.39 Å². The number of carboxylic acid groups (broad SMARTS) is 1. The van der Waals surface area contributed by atoms with Crippen LogP contribution in [0.3, 0.4) is 0 Å². The number of carboxylic acids is 1. The van der Waals surface area contributed by atoms with E-state index < -0.39 is 30.4 Å². The lowest BCUT2D eigenvalue weighted by Crippen LogP contribution is -2.10. The summed E-state index contributed by atoms with van der Waals surface area (Å²) in [6, 6.07) is 13.9. The molecular weight excluding hydrogens is 397 g/mol. The van der Waals surface area contributed by atoms with Gasteiger partial charge in [0.05, 0.1) is 17.6 Å². The minimum absolute atomic E-state index is 0.284. The van der Waals surface area contributed by atoms with Crippen LogP contribution in [0.5, 0.6) is 0 Å². The molecule has 6 heteroatoms. The van der Waals surface area contributed by atoms with Crippen LogP contribution >= 0.6 is 0 Å². The summed E-state index contributed by atoms with van der Waals surface area (Å²) in [5.41, 5.74) is 4.12. The molecule has 0 radical (unpaired) electrons. The number of allylic oxidation sites excluding steroid dienone is 1. The number of carbonyl (C=O) groups is 3. The Labute approximate surface area is 178 Å². The minimum atomic E-state index is -1.25. The molecule has 2 aromatic carbocycles. The molecule has 5 nitrogen and oxygen atoms in total. The maximum atomic E-state index is 13.6. The van der Waals surface area contributed by atoms with Gasteiger partial charge in [-0.15, -0.1) is 0 Å². The number of nitrogens with zero attached hydrogens (tertiary/aromatic N) is 1. The fourth-order valence-electron chi connectivity index (χ4n) is 3.67. The van der Waals surface area contributed by atoms with E-state index >= 15 is 0 Å². The first-order chi connectivity index (χ1) is 14.9. The summed E-state index contributed by atoms with van der Waals surface area (Å²) in [5.74, 6) is -2.41. The van der Waals surface area contributed by atoms with E-state index in [9.17, 15) is 18.8 Å². The predicted molar refractivity (Wildman–Crippen MR) is 115 cm³/mol. The van der Waals surface area contributed by atoms with Gasteiger partial charge in [-0.1, -0.05) is 30.3 Å². The topological polar surface area (TPSA) is 84.3 Å². The van der Waals surface area contributed by atoms with Crippen molar-refractivity contribution in [2.45, 2.75) is 31.6 Å². The third-order valence-corrected chi connectivity index (χ3v) is 5.21. The molecule has 4 rings (SSSR count). The lowest BCUT2D eigenvalue weighted by Gasteiger charge is -2.15. The van der Waals surface area contributed by atoms with Crippen LogP contribution < -0.4 is 0 Å². The smallest absolute Gasteiger partial charge is 0.310 e. The highest BCUT2D eigenvalue weighted by Gasteiger charge is 2.29. The Morgan fingerprint density at radius 3 is 2.42 bits per heavy atom. The standard InChI is InChI=1S/C25H20FNO4/c26-17-9-7-15(8-10-17)24-20-3-1-2-4-22(20)27-25(16-5-6-16)21(24)12-11-18(28)13-19(29)14-23(30)31/h1-4,7-12,16H,5-6,13-14H2,(H,30,31)/b12-11+. The Morgan fingerprint density at radius 1 is 1.03 bits per heavy atom. The van der Waals surface area contributed by atoms with Crippen LogP contribution in [-0.2, 0) is 14.4 Å². The maximum Gasteiger partial charge on any atom is 0.310 e. The van der Waals surface area contributed by atoms with Gasteiger partial charge in [0.25, 0.3) is 0 Å². The number of pyridine rings is 1. The second-order valence-electron chi connectivity index (χ2n) is 7.67. The van der Waals surface area contributed by atoms with E-state index in [4.69, 9.17) is 10.1 Å². The Balaban J connectivity index is 1.81. The number of benzene rings is 2. The zero-order chi connectivity index (χ0) is 22.0. The molecule has 0 aliphatic heterocycles. The Morgan fingerprint density at radius 2 is 1.74 bits per heavy atom. The van der Waals surface area contributed by atoms with Crippen molar-refractivity contribution >= 4 is 34.5 Å². The first kappa shape index (κ1) is 20.6. The van der Waals surface area contributed by atoms with Gasteiger partial charge in [-0.05, 0) is 48.8 Å². The highest BCUT2D eigenvalue weighted by molar-refractivity contribution is 6.10. The Kier molecular flexibility index (Phi) is 5.71. The summed E-state index contributed by atoms with van der Waals surface area (Å²) in [4.78, 5) is 39.5. The number of Topliss-reactive ketones (excluding diaryl/α,β-unsaturated/α-hetero) is 1. The molecular formula is C25H20FNO4. The SMILES string of the molecule is O=C(O)CC(=O)CC(=O)/C=C/c1c(C2CC2)nc2ccccc2c1-c1ccc(F)cc1. The molecule has 31 heavy (non-hydrogen) atoms. The number of aromatic nitrogens is 1. The lowest BCUT2D eigenvalue weighted by molar-refractivity contribution is -0.140. The number of carbonyl (C=O) groups excluding carboxylic acids is 2. The monoisotopic (exact) mass is 417 g/mol. The predicted octanol–water partition coefficient (Wildman–Crippen LogP) is 4.93. The third kappa shape index (κ3) is 4.74. The van der Waals surface area contributed by atoms with Gasteiger partial charge in [-0.2, -0.15) is 0 Å². The molecule has 0 bridgehead atoms. The van der Waals surface area contributed by atoms with Gasteiger partial charge < -0.3 is 5.11 Å². The van der Waals surface area contributed by atoms with Crippen LogP contribution in [0.2, 0.25) is 0 Å². The van der Waals surface area contributed by atoms with Crippen molar-refractivity contribution in [2.24, 2.45) is 0 Å². The normalized spacial score (nSPS) is 13.6. The van der Waals surface area contributed by atoms with Gasteiger partial charge in [-0.3, -0.25) is 19.4 Å². The van der Waals surface area contributed by atoms with E-state index in [1.54, 1.807) is 18.2 Å². The molecule has 1 heterocycles. The van der Waals surface area contributed by atoms with Gasteiger partial charge in [0, 0.05) is 22.4 Å². The van der Waals surface area contributed by atoms with Crippen LogP contribution in [0.4, 0.5) is 4.39 Å². The molecule has 0 unspecified atom stereocenters. The van der Waals surface area contributed by atoms with Crippen LogP contribution in [0, 0.1) is 5.82 Å². The number of hydrogen-bond acceptors (Lipinski definition) is 4. The summed E-state index contributed by atoms with van der Waals surface area (Å²) in [6.45, 7) is 0. The summed E-state index contributed by atoms with van der Waals surface area (Å²) in [7, 11) is 0.